The van der Waals surface area contributed by atoms with Gasteiger partial charge < -0.3 is 4.90 Å². The summed E-state index contributed by atoms with van der Waals surface area (Å²) < 4.78 is 2.53. The molecule has 2 aliphatic heterocycles. The van der Waals surface area contributed by atoms with Crippen LogP contribution in [0.4, 0.5) is 0 Å². The van der Waals surface area contributed by atoms with Crippen molar-refractivity contribution in [1.82, 2.24) is 9.47 Å². The molecule has 3 aliphatic rings. The van der Waals surface area contributed by atoms with Gasteiger partial charge >= 0.3 is 0 Å². The molecule has 2 bridgehead atoms. The van der Waals surface area contributed by atoms with Gasteiger partial charge in [-0.15, -0.1) is 24.1 Å². The Morgan fingerprint density at radius 3 is 2.51 bits per heavy atom. The van der Waals surface area contributed by atoms with Gasteiger partial charge in [-0.25, -0.2) is 4.99 Å². The Morgan fingerprint density at radius 2 is 1.69 bits per heavy atom. The van der Waals surface area contributed by atoms with Gasteiger partial charge in [-0.1, -0.05) is 123 Å². The molecule has 0 amide bonds. The zero-order valence-electron chi connectivity index (χ0n) is 29.6. The SMILES string of the molecule is C#CC/C=C(\C=C/C)C1=c2cc(-c3ccccc3)ccc2=NC(n2c3ccccc3c3ccc4c(c32)SC2CC4C(C)(C)c3ccccc32)N1C. The highest BCUT2D eigenvalue weighted by Gasteiger charge is 2.46. The van der Waals surface area contributed by atoms with E-state index in [0.717, 1.165) is 28.3 Å². The van der Waals surface area contributed by atoms with Crippen LogP contribution in [0.1, 0.15) is 67.8 Å². The number of rotatable bonds is 5. The summed E-state index contributed by atoms with van der Waals surface area (Å²) in [5, 5.41) is 5.06. The van der Waals surface area contributed by atoms with Crippen LogP contribution in [0.2, 0.25) is 0 Å². The van der Waals surface area contributed by atoms with Gasteiger partial charge in [-0.2, -0.15) is 0 Å². The number of hydrogen-bond donors (Lipinski definition) is 0. The van der Waals surface area contributed by atoms with Crippen LogP contribution in [0.15, 0.2) is 143 Å². The van der Waals surface area contributed by atoms with E-state index in [-0.39, 0.29) is 11.7 Å². The summed E-state index contributed by atoms with van der Waals surface area (Å²) >= 11 is 2.06. The van der Waals surface area contributed by atoms with Crippen molar-refractivity contribution < 1.29 is 0 Å². The van der Waals surface area contributed by atoms with Crippen molar-refractivity contribution in [1.29, 1.82) is 0 Å². The zero-order valence-corrected chi connectivity index (χ0v) is 30.4. The first-order chi connectivity index (χ1) is 24.9. The van der Waals surface area contributed by atoms with Crippen molar-refractivity contribution in [2.75, 3.05) is 7.05 Å². The van der Waals surface area contributed by atoms with Gasteiger partial charge in [0, 0.05) is 39.6 Å². The lowest BCUT2D eigenvalue weighted by atomic mass is 9.63. The molecule has 250 valence electrons. The summed E-state index contributed by atoms with van der Waals surface area (Å²) in [4.78, 5) is 9.41. The zero-order chi connectivity index (χ0) is 34.9. The summed E-state index contributed by atoms with van der Waals surface area (Å²) in [5.74, 6) is 3.28. The fourth-order valence-corrected chi connectivity index (χ4v) is 10.6. The van der Waals surface area contributed by atoms with Gasteiger partial charge in [0.1, 0.15) is 0 Å². The number of aromatic nitrogens is 1. The average Bonchev–Trinajstić information content (AvgIpc) is 3.50. The molecule has 6 aromatic rings. The number of benzene rings is 5. The van der Waals surface area contributed by atoms with Crippen molar-refractivity contribution in [3.63, 3.8) is 0 Å². The Morgan fingerprint density at radius 1 is 0.902 bits per heavy atom. The van der Waals surface area contributed by atoms with Gasteiger partial charge in [0.25, 0.3) is 0 Å². The van der Waals surface area contributed by atoms with Crippen molar-refractivity contribution in [3.05, 3.63) is 160 Å². The highest BCUT2D eigenvalue weighted by atomic mass is 32.2. The Kier molecular flexibility index (Phi) is 7.60. The number of allylic oxidation sites excluding steroid dienone is 2. The van der Waals surface area contributed by atoms with Crippen LogP contribution in [0.3, 0.4) is 0 Å². The standard InChI is InChI=1S/C47H41N3S/c1-6-8-17-31(16-7-2)43-37-28-32(30-18-10-9-11-19-30)24-27-40(37)48-46(49(43)5)50-41-23-15-13-20-33(41)34-25-26-36-39-29-42(51-45(36)44(34)50)35-21-12-14-22-38(35)47(39,3)4/h1,7,9-28,39,42,46H,8,29H2,2-5H3/b16-7-,31-17+. The monoisotopic (exact) mass is 679 g/mol. The first kappa shape index (κ1) is 31.7. The lowest BCUT2D eigenvalue weighted by Crippen LogP contribution is -2.43. The lowest BCUT2D eigenvalue weighted by Gasteiger charge is -2.48. The molecule has 5 aromatic carbocycles. The second-order valence-electron chi connectivity index (χ2n) is 14.6. The van der Waals surface area contributed by atoms with Gasteiger partial charge in [0.2, 0.25) is 6.29 Å². The first-order valence-electron chi connectivity index (χ1n) is 18.0. The highest BCUT2D eigenvalue weighted by molar-refractivity contribution is 7.99. The number of thioether (sulfide) groups is 1. The molecule has 0 spiro atoms. The third-order valence-corrected chi connectivity index (χ3v) is 12.8. The Hall–Kier alpha value is -5.24. The van der Waals surface area contributed by atoms with E-state index < -0.39 is 0 Å². The second kappa shape index (κ2) is 12.2. The van der Waals surface area contributed by atoms with Crippen molar-refractivity contribution >= 4 is 39.3 Å². The summed E-state index contributed by atoms with van der Waals surface area (Å²) in [6.07, 6.45) is 13.7. The number of nitrogens with zero attached hydrogens (tertiary/aromatic N) is 3. The second-order valence-corrected chi connectivity index (χ2v) is 15.8. The molecule has 9 rings (SSSR count). The molecule has 4 heteroatoms. The minimum absolute atomic E-state index is 0.0267. The van der Waals surface area contributed by atoms with Gasteiger partial charge in [-0.05, 0) is 76.3 Å². The van der Waals surface area contributed by atoms with Gasteiger partial charge in [0.15, 0.2) is 0 Å². The smallest absolute Gasteiger partial charge is 0.203 e. The van der Waals surface area contributed by atoms with Crippen LogP contribution in [0.5, 0.6) is 0 Å². The van der Waals surface area contributed by atoms with E-state index >= 15 is 0 Å². The topological polar surface area (TPSA) is 20.5 Å². The van der Waals surface area contributed by atoms with Crippen molar-refractivity contribution in [2.24, 2.45) is 4.99 Å². The minimum atomic E-state index is -0.314. The lowest BCUT2D eigenvalue weighted by molar-refractivity contribution is 0.270. The van der Waals surface area contributed by atoms with E-state index in [1.807, 2.05) is 0 Å². The maximum atomic E-state index is 5.85. The molecule has 0 N–H and O–H groups in total. The van der Waals surface area contributed by atoms with Crippen LogP contribution in [0.25, 0.3) is 38.6 Å². The molecule has 3 nitrogen and oxygen atoms in total. The molecule has 0 saturated heterocycles. The number of hydrogen-bond acceptors (Lipinski definition) is 3. The molecular weight excluding hydrogens is 639 g/mol. The molecule has 3 heterocycles. The minimum Gasteiger partial charge on any atom is -0.335 e. The van der Waals surface area contributed by atoms with Crippen molar-refractivity contribution in [2.45, 2.75) is 61.4 Å². The predicted octanol–water partition coefficient (Wildman–Crippen LogP) is 10.4. The molecular formula is C47H41N3S. The Bertz CT molecular complexity index is 2600. The van der Waals surface area contributed by atoms with E-state index in [1.165, 1.54) is 54.5 Å². The molecule has 51 heavy (non-hydrogen) atoms. The number of terminal acetylenes is 1. The summed E-state index contributed by atoms with van der Waals surface area (Å²) in [6.45, 7) is 6.97. The largest absolute Gasteiger partial charge is 0.335 e. The number of para-hydroxylation sites is 1. The molecule has 0 fully saturated rings. The first-order valence-corrected chi connectivity index (χ1v) is 18.9. The van der Waals surface area contributed by atoms with E-state index in [9.17, 15) is 0 Å². The molecule has 1 aromatic heterocycles. The maximum Gasteiger partial charge on any atom is 0.203 e. The van der Waals surface area contributed by atoms with Crippen LogP contribution < -0.4 is 10.6 Å². The highest BCUT2D eigenvalue weighted by Crippen LogP contribution is 2.62. The molecule has 0 radical (unpaired) electrons. The third kappa shape index (κ3) is 4.86. The number of likely N-dealkylation sites (N-methyl/N-ethyl adjacent to an activating group) is 1. The molecule has 0 saturated carbocycles. The molecule has 1 aliphatic carbocycles. The third-order valence-electron chi connectivity index (χ3n) is 11.4. The Balaban J connectivity index is 1.32. The summed E-state index contributed by atoms with van der Waals surface area (Å²) in [5.41, 5.74) is 11.5. The normalized spacial score (nSPS) is 20.5. The fourth-order valence-electron chi connectivity index (χ4n) is 9.02. The van der Waals surface area contributed by atoms with Crippen molar-refractivity contribution in [3.8, 4) is 23.5 Å². The quantitative estimate of drug-likeness (QED) is 0.134. The fraction of sp³-hybridized carbons (Fsp3) is 0.213. The van der Waals surface area contributed by atoms with Crippen LogP contribution >= 0.6 is 11.8 Å². The van der Waals surface area contributed by atoms with Crippen LogP contribution in [-0.2, 0) is 5.41 Å². The molecule has 3 atom stereocenters. The van der Waals surface area contributed by atoms with Crippen LogP contribution in [-0.4, -0.2) is 16.5 Å². The maximum absolute atomic E-state index is 5.85. The van der Waals surface area contributed by atoms with Gasteiger partial charge in [-0.3, -0.25) is 4.57 Å². The van der Waals surface area contributed by atoms with E-state index in [1.54, 1.807) is 0 Å². The predicted molar refractivity (Wildman–Crippen MR) is 214 cm³/mol. The number of fused-ring (bicyclic) bond motifs is 11. The van der Waals surface area contributed by atoms with Gasteiger partial charge in [0.05, 0.1) is 22.1 Å². The average molecular weight is 680 g/mol. The molecule has 3 unspecified atom stereocenters. The van der Waals surface area contributed by atoms with E-state index in [0.29, 0.717) is 17.6 Å². The van der Waals surface area contributed by atoms with Crippen LogP contribution in [0, 0.1) is 12.3 Å². The van der Waals surface area contributed by atoms with E-state index in [2.05, 4.69) is 182 Å². The Labute approximate surface area is 304 Å². The summed E-state index contributed by atoms with van der Waals surface area (Å²) in [7, 11) is 2.20. The summed E-state index contributed by atoms with van der Waals surface area (Å²) in [6, 6.07) is 40.2. The van der Waals surface area contributed by atoms with E-state index in [4.69, 9.17) is 11.4 Å².